The topological polar surface area (TPSA) is 6.48 Å². The fraction of sp³-hybridized carbons (Fsp3) is 0.319. The molecule has 0 atom stereocenters. The third-order valence-electron chi connectivity index (χ3n) is 12.4. The van der Waals surface area contributed by atoms with E-state index in [-0.39, 0.29) is 23.0 Å². The van der Waals surface area contributed by atoms with Gasteiger partial charge in [0.15, 0.2) is 0 Å². The number of thiophene rings is 1. The lowest BCUT2D eigenvalue weighted by molar-refractivity contribution is 0.332. The highest BCUT2D eigenvalue weighted by molar-refractivity contribution is 7.33. The van der Waals surface area contributed by atoms with Crippen LogP contribution in [0, 0.1) is 20.8 Å². The Bertz CT molecular complexity index is 2420. The van der Waals surface area contributed by atoms with Gasteiger partial charge in [-0.2, -0.15) is 0 Å². The van der Waals surface area contributed by atoms with Crippen LogP contribution in [0.4, 0.5) is 34.1 Å². The molecule has 0 amide bonds. The van der Waals surface area contributed by atoms with Gasteiger partial charge in [0.2, 0.25) is 0 Å². The molecule has 3 heterocycles. The SMILES string of the molecule is Cc1cc2c3c(c1)N(c1ccccc1C)c1c(sc4cc5c(cc14)C(C)(C)CCC5(C)C)B3c1cc(C(C)(C)C)ccc1N2c1ccccc1C. The van der Waals surface area contributed by atoms with Crippen molar-refractivity contribution in [1.29, 1.82) is 0 Å². The Labute approximate surface area is 309 Å². The summed E-state index contributed by atoms with van der Waals surface area (Å²) in [4.78, 5) is 5.21. The monoisotopic (exact) mass is 684 g/mol. The van der Waals surface area contributed by atoms with Crippen molar-refractivity contribution < 1.29 is 0 Å². The Kier molecular flexibility index (Phi) is 6.95. The average Bonchev–Trinajstić information content (AvgIpc) is 3.45. The lowest BCUT2D eigenvalue weighted by atomic mass is 9.36. The van der Waals surface area contributed by atoms with E-state index in [0.717, 1.165) is 0 Å². The number of aryl methyl sites for hydroxylation is 3. The van der Waals surface area contributed by atoms with Crippen LogP contribution < -0.4 is 25.5 Å². The van der Waals surface area contributed by atoms with Crippen LogP contribution in [0.15, 0.2) is 91.0 Å². The van der Waals surface area contributed by atoms with Crippen molar-refractivity contribution in [2.45, 2.75) is 98.3 Å². The number of fused-ring (bicyclic) bond motifs is 7. The molecule has 0 fully saturated rings. The second-order valence-corrected chi connectivity index (χ2v) is 19.0. The van der Waals surface area contributed by atoms with Crippen LogP contribution >= 0.6 is 11.3 Å². The third-order valence-corrected chi connectivity index (χ3v) is 13.6. The Hall–Kier alpha value is -4.28. The van der Waals surface area contributed by atoms with E-state index in [2.05, 4.69) is 170 Å². The summed E-state index contributed by atoms with van der Waals surface area (Å²) in [5.41, 5.74) is 19.2. The van der Waals surface area contributed by atoms with Gasteiger partial charge in [-0.05, 0) is 137 Å². The van der Waals surface area contributed by atoms with Gasteiger partial charge in [-0.15, -0.1) is 11.3 Å². The Morgan fingerprint density at radius 1 is 0.627 bits per heavy atom. The van der Waals surface area contributed by atoms with Gasteiger partial charge in [-0.1, -0.05) is 97.0 Å². The van der Waals surface area contributed by atoms with Gasteiger partial charge in [0, 0.05) is 43.3 Å². The Morgan fingerprint density at radius 3 is 1.80 bits per heavy atom. The first-order valence-electron chi connectivity index (χ1n) is 18.8. The number of nitrogens with zero attached hydrogens (tertiary/aromatic N) is 2. The summed E-state index contributed by atoms with van der Waals surface area (Å²) in [5, 5.41) is 1.39. The van der Waals surface area contributed by atoms with Gasteiger partial charge >= 0.3 is 0 Å². The molecule has 3 aliphatic rings. The molecule has 4 heteroatoms. The van der Waals surface area contributed by atoms with Crippen molar-refractivity contribution in [2.24, 2.45) is 0 Å². The number of benzene rings is 5. The number of anilines is 6. The number of rotatable bonds is 2. The summed E-state index contributed by atoms with van der Waals surface area (Å²) < 4.78 is 2.87. The molecule has 6 aromatic rings. The normalized spacial score (nSPS) is 16.9. The highest BCUT2D eigenvalue weighted by Crippen LogP contribution is 2.53. The first-order chi connectivity index (χ1) is 24.2. The molecule has 51 heavy (non-hydrogen) atoms. The van der Waals surface area contributed by atoms with Gasteiger partial charge < -0.3 is 9.80 Å². The number of hydrogen-bond acceptors (Lipinski definition) is 3. The van der Waals surface area contributed by atoms with Crippen LogP contribution in [0.3, 0.4) is 0 Å². The Morgan fingerprint density at radius 2 is 1.20 bits per heavy atom. The maximum Gasteiger partial charge on any atom is 0.264 e. The molecule has 256 valence electrons. The molecule has 0 unspecified atom stereocenters. The second-order valence-electron chi connectivity index (χ2n) is 17.9. The molecule has 0 bridgehead atoms. The van der Waals surface area contributed by atoms with Crippen molar-refractivity contribution in [1.82, 2.24) is 0 Å². The maximum atomic E-state index is 2.65. The lowest BCUT2D eigenvalue weighted by Crippen LogP contribution is -2.60. The first-order valence-corrected chi connectivity index (χ1v) is 19.6. The van der Waals surface area contributed by atoms with Gasteiger partial charge in [-0.3, -0.25) is 0 Å². The molecule has 1 aliphatic carbocycles. The zero-order valence-electron chi connectivity index (χ0n) is 32.0. The largest absolute Gasteiger partial charge is 0.311 e. The van der Waals surface area contributed by atoms with Crippen LogP contribution in [0.1, 0.15) is 94.7 Å². The van der Waals surface area contributed by atoms with Crippen LogP contribution in [0.5, 0.6) is 0 Å². The summed E-state index contributed by atoms with van der Waals surface area (Å²) in [7, 11) is 0. The van der Waals surface area contributed by atoms with Crippen molar-refractivity contribution in [2.75, 3.05) is 9.80 Å². The van der Waals surface area contributed by atoms with Gasteiger partial charge in [-0.25, -0.2) is 0 Å². The van der Waals surface area contributed by atoms with E-state index in [4.69, 9.17) is 0 Å². The molecule has 5 aromatic carbocycles. The summed E-state index contributed by atoms with van der Waals surface area (Å²) in [6.07, 6.45) is 2.42. The van der Waals surface area contributed by atoms with Gasteiger partial charge in [0.25, 0.3) is 6.71 Å². The fourth-order valence-corrected chi connectivity index (χ4v) is 10.6. The molecule has 0 saturated carbocycles. The second kappa shape index (κ2) is 10.9. The van der Waals surface area contributed by atoms with Crippen LogP contribution in [-0.2, 0) is 16.2 Å². The van der Waals surface area contributed by atoms with E-state index in [1.807, 2.05) is 11.3 Å². The van der Waals surface area contributed by atoms with Gasteiger partial charge in [0.1, 0.15) is 0 Å². The van der Waals surface area contributed by atoms with E-state index < -0.39 is 0 Å². The molecule has 9 rings (SSSR count). The van der Waals surface area contributed by atoms with E-state index in [1.54, 1.807) is 0 Å². The predicted molar refractivity (Wildman–Crippen MR) is 224 cm³/mol. The van der Waals surface area contributed by atoms with Crippen molar-refractivity contribution in [3.05, 3.63) is 124 Å². The standard InChI is InChI=1S/C47H49BN2S/c1-28-23-39-42-40(24-28)50(37-18-14-12-16-30(37)3)43-32-26-33-34(47(9,10)22-21-46(33,7)8)27-41(32)51-44(43)48(42)35-25-31(45(4,5)6)19-20-38(35)49(39)36-17-13-11-15-29(36)2/h11-20,23-27H,21-22H2,1-10H3. The third kappa shape index (κ3) is 4.75. The first kappa shape index (κ1) is 32.6. The van der Waals surface area contributed by atoms with Crippen molar-refractivity contribution >= 4 is 78.0 Å². The van der Waals surface area contributed by atoms with Gasteiger partial charge in [0.05, 0.1) is 5.69 Å². The summed E-state index contributed by atoms with van der Waals surface area (Å²) in [6, 6.07) is 35.3. The van der Waals surface area contributed by atoms with Crippen LogP contribution in [0.25, 0.3) is 10.1 Å². The fourth-order valence-electron chi connectivity index (χ4n) is 9.29. The molecule has 0 N–H and O–H groups in total. The predicted octanol–water partition coefficient (Wildman–Crippen LogP) is 11.6. The molecule has 2 aliphatic heterocycles. The zero-order valence-corrected chi connectivity index (χ0v) is 32.8. The smallest absolute Gasteiger partial charge is 0.264 e. The molecule has 0 radical (unpaired) electrons. The summed E-state index contributed by atoms with van der Waals surface area (Å²) in [5.74, 6) is 0. The quantitative estimate of drug-likeness (QED) is 0.167. The summed E-state index contributed by atoms with van der Waals surface area (Å²) >= 11 is 2.04. The van der Waals surface area contributed by atoms with Crippen LogP contribution in [0.2, 0.25) is 0 Å². The molecular formula is C47H49BN2S. The Balaban J connectivity index is 1.45. The molecule has 1 aromatic heterocycles. The molecule has 0 spiro atoms. The number of hydrogen-bond donors (Lipinski definition) is 0. The van der Waals surface area contributed by atoms with Crippen molar-refractivity contribution in [3.63, 3.8) is 0 Å². The highest BCUT2D eigenvalue weighted by atomic mass is 32.1. The molecule has 2 nitrogen and oxygen atoms in total. The van der Waals surface area contributed by atoms with E-state index in [0.29, 0.717) is 0 Å². The average molecular weight is 685 g/mol. The van der Waals surface area contributed by atoms with E-state index in [1.165, 1.54) is 106 Å². The van der Waals surface area contributed by atoms with E-state index in [9.17, 15) is 0 Å². The number of para-hydroxylation sites is 2. The maximum absolute atomic E-state index is 2.65. The minimum absolute atomic E-state index is 0.0278. The van der Waals surface area contributed by atoms with Crippen molar-refractivity contribution in [3.8, 4) is 0 Å². The minimum Gasteiger partial charge on any atom is -0.311 e. The van der Waals surface area contributed by atoms with E-state index >= 15 is 0 Å². The zero-order chi connectivity index (χ0) is 35.8. The highest BCUT2D eigenvalue weighted by Gasteiger charge is 2.47. The lowest BCUT2D eigenvalue weighted by Gasteiger charge is -2.44. The van der Waals surface area contributed by atoms with Crippen LogP contribution in [-0.4, -0.2) is 6.71 Å². The minimum atomic E-state index is 0.0278. The summed E-state index contributed by atoms with van der Waals surface area (Å²) in [6.45, 7) is 23.8. The molecular weight excluding hydrogens is 635 g/mol. The molecule has 0 saturated heterocycles.